The summed E-state index contributed by atoms with van der Waals surface area (Å²) in [6.45, 7) is 0. The van der Waals surface area contributed by atoms with E-state index in [2.05, 4.69) is 19.9 Å². The van der Waals surface area contributed by atoms with E-state index in [-0.39, 0.29) is 5.56 Å². The Morgan fingerprint density at radius 2 is 2.00 bits per heavy atom. The zero-order valence-electron chi connectivity index (χ0n) is 11.8. The van der Waals surface area contributed by atoms with Gasteiger partial charge in [-0.05, 0) is 24.3 Å². The van der Waals surface area contributed by atoms with Crippen molar-refractivity contribution in [1.82, 2.24) is 24.5 Å². The summed E-state index contributed by atoms with van der Waals surface area (Å²) in [7, 11) is 0. The minimum absolute atomic E-state index is 0.0934. The van der Waals surface area contributed by atoms with E-state index in [0.717, 1.165) is 5.69 Å². The van der Waals surface area contributed by atoms with Crippen LogP contribution in [0.2, 0.25) is 0 Å². The fourth-order valence-electron chi connectivity index (χ4n) is 2.40. The number of fused-ring (bicyclic) bond motifs is 1. The molecule has 23 heavy (non-hydrogen) atoms. The molecule has 4 heterocycles. The molecule has 4 rings (SSSR count). The molecular formula is C16H11N5O2. The molecule has 0 aliphatic carbocycles. The Morgan fingerprint density at radius 3 is 2.78 bits per heavy atom. The minimum atomic E-state index is -1.04. The summed E-state index contributed by atoms with van der Waals surface area (Å²) < 4.78 is 1.95. The largest absolute Gasteiger partial charge is 0.478 e. The SMILES string of the molecule is O=C(O)c1c[nH]c2ncc(-c3cc(-n4cccc4)ccn3)nc12. The smallest absolute Gasteiger partial charge is 0.339 e. The van der Waals surface area contributed by atoms with Crippen molar-refractivity contribution in [2.75, 3.05) is 0 Å². The Balaban J connectivity index is 1.84. The molecule has 0 spiro atoms. The van der Waals surface area contributed by atoms with Gasteiger partial charge in [-0.1, -0.05) is 0 Å². The minimum Gasteiger partial charge on any atom is -0.478 e. The standard InChI is InChI=1S/C16H11N5O2/c22-16(23)11-8-18-15-14(11)20-13(9-19-15)12-7-10(3-4-17-12)21-5-1-2-6-21/h1-9H,(H,18,19)(H,22,23). The molecule has 2 N–H and O–H groups in total. The lowest BCUT2D eigenvalue weighted by atomic mass is 10.2. The van der Waals surface area contributed by atoms with Crippen LogP contribution in [-0.4, -0.2) is 35.6 Å². The summed E-state index contributed by atoms with van der Waals surface area (Å²) in [5, 5.41) is 9.20. The van der Waals surface area contributed by atoms with Crippen molar-refractivity contribution in [3.63, 3.8) is 0 Å². The number of nitrogens with zero attached hydrogens (tertiary/aromatic N) is 4. The fourth-order valence-corrected chi connectivity index (χ4v) is 2.40. The summed E-state index contributed by atoms with van der Waals surface area (Å²) in [5.41, 5.74) is 2.94. The quantitative estimate of drug-likeness (QED) is 0.606. The van der Waals surface area contributed by atoms with Crippen LogP contribution in [0.1, 0.15) is 10.4 Å². The molecule has 0 amide bonds. The molecular weight excluding hydrogens is 294 g/mol. The number of H-pyrrole nitrogens is 1. The van der Waals surface area contributed by atoms with Crippen molar-refractivity contribution in [2.24, 2.45) is 0 Å². The molecule has 0 aliphatic heterocycles. The van der Waals surface area contributed by atoms with Crippen molar-refractivity contribution in [1.29, 1.82) is 0 Å². The monoisotopic (exact) mass is 305 g/mol. The molecule has 0 unspecified atom stereocenters. The summed E-state index contributed by atoms with van der Waals surface area (Å²) in [6.07, 6.45) is 8.52. The highest BCUT2D eigenvalue weighted by molar-refractivity contribution is 6.00. The van der Waals surface area contributed by atoms with Gasteiger partial charge in [0.2, 0.25) is 0 Å². The predicted molar refractivity (Wildman–Crippen MR) is 83.4 cm³/mol. The number of carboxylic acids is 1. The van der Waals surface area contributed by atoms with Gasteiger partial charge in [0.25, 0.3) is 0 Å². The van der Waals surface area contributed by atoms with Crippen molar-refractivity contribution in [3.8, 4) is 17.1 Å². The summed E-state index contributed by atoms with van der Waals surface area (Å²) in [6, 6.07) is 7.63. The number of aromatic carboxylic acids is 1. The first-order valence-electron chi connectivity index (χ1n) is 6.89. The number of aromatic amines is 1. The molecule has 112 valence electrons. The van der Waals surface area contributed by atoms with E-state index in [1.54, 1.807) is 12.4 Å². The van der Waals surface area contributed by atoms with Gasteiger partial charge in [0.15, 0.2) is 5.65 Å². The molecule has 0 atom stereocenters. The fraction of sp³-hybridized carbons (Fsp3) is 0. The Morgan fingerprint density at radius 1 is 1.17 bits per heavy atom. The van der Waals surface area contributed by atoms with Crippen LogP contribution >= 0.6 is 0 Å². The lowest BCUT2D eigenvalue weighted by Gasteiger charge is -2.05. The van der Waals surface area contributed by atoms with E-state index < -0.39 is 5.97 Å². The summed E-state index contributed by atoms with van der Waals surface area (Å²) in [5.74, 6) is -1.04. The normalized spacial score (nSPS) is 11.0. The van der Waals surface area contributed by atoms with E-state index in [1.807, 2.05) is 41.2 Å². The van der Waals surface area contributed by atoms with Crippen molar-refractivity contribution in [2.45, 2.75) is 0 Å². The number of carbonyl (C=O) groups is 1. The van der Waals surface area contributed by atoms with Crippen LogP contribution in [0.5, 0.6) is 0 Å². The first kappa shape index (κ1) is 13.2. The maximum absolute atomic E-state index is 11.2. The first-order chi connectivity index (χ1) is 11.2. The molecule has 0 radical (unpaired) electrons. The third-order valence-electron chi connectivity index (χ3n) is 3.52. The maximum Gasteiger partial charge on any atom is 0.339 e. The van der Waals surface area contributed by atoms with Gasteiger partial charge in [0, 0.05) is 30.5 Å². The average Bonchev–Trinajstić information content (AvgIpc) is 3.24. The van der Waals surface area contributed by atoms with Crippen molar-refractivity contribution < 1.29 is 9.90 Å². The highest BCUT2D eigenvalue weighted by Gasteiger charge is 2.14. The van der Waals surface area contributed by atoms with Gasteiger partial charge in [0.1, 0.15) is 16.8 Å². The van der Waals surface area contributed by atoms with Crippen molar-refractivity contribution in [3.05, 3.63) is 60.8 Å². The predicted octanol–water partition coefficient (Wildman–Crippen LogP) is 2.51. The average molecular weight is 305 g/mol. The van der Waals surface area contributed by atoms with Gasteiger partial charge in [-0.2, -0.15) is 0 Å². The number of hydrogen-bond donors (Lipinski definition) is 2. The molecule has 0 saturated carbocycles. The Kier molecular flexibility index (Phi) is 2.90. The van der Waals surface area contributed by atoms with Gasteiger partial charge in [0.05, 0.1) is 11.9 Å². The molecule has 4 aromatic heterocycles. The van der Waals surface area contributed by atoms with E-state index >= 15 is 0 Å². The van der Waals surface area contributed by atoms with Gasteiger partial charge >= 0.3 is 5.97 Å². The molecule has 0 aliphatic rings. The highest BCUT2D eigenvalue weighted by atomic mass is 16.4. The summed E-state index contributed by atoms with van der Waals surface area (Å²) >= 11 is 0. The van der Waals surface area contributed by atoms with Gasteiger partial charge in [-0.3, -0.25) is 4.98 Å². The van der Waals surface area contributed by atoms with Crippen LogP contribution in [0, 0.1) is 0 Å². The lowest BCUT2D eigenvalue weighted by Crippen LogP contribution is -1.98. The topological polar surface area (TPSA) is 96.7 Å². The second-order valence-corrected chi connectivity index (χ2v) is 4.95. The molecule has 0 saturated heterocycles. The second-order valence-electron chi connectivity index (χ2n) is 4.95. The zero-order valence-corrected chi connectivity index (χ0v) is 11.8. The van der Waals surface area contributed by atoms with E-state index in [1.165, 1.54) is 6.20 Å². The Hall–Kier alpha value is -3.48. The van der Waals surface area contributed by atoms with Gasteiger partial charge in [-0.15, -0.1) is 0 Å². The number of hydrogen-bond acceptors (Lipinski definition) is 4. The van der Waals surface area contributed by atoms with Crippen molar-refractivity contribution >= 4 is 17.1 Å². The molecule has 0 aromatic carbocycles. The number of carboxylic acid groups (broad SMARTS) is 1. The van der Waals surface area contributed by atoms with Gasteiger partial charge in [-0.25, -0.2) is 14.8 Å². The number of nitrogens with one attached hydrogen (secondary N) is 1. The van der Waals surface area contributed by atoms with E-state index in [4.69, 9.17) is 0 Å². The van der Waals surface area contributed by atoms with Gasteiger partial charge < -0.3 is 14.7 Å². The third kappa shape index (κ3) is 2.24. The third-order valence-corrected chi connectivity index (χ3v) is 3.52. The highest BCUT2D eigenvalue weighted by Crippen LogP contribution is 2.21. The second kappa shape index (κ2) is 5.06. The van der Waals surface area contributed by atoms with E-state index in [9.17, 15) is 9.90 Å². The van der Waals surface area contributed by atoms with Crippen LogP contribution in [-0.2, 0) is 0 Å². The molecule has 7 heteroatoms. The van der Waals surface area contributed by atoms with Crippen LogP contribution in [0.3, 0.4) is 0 Å². The van der Waals surface area contributed by atoms with Crippen LogP contribution in [0.25, 0.3) is 28.2 Å². The molecule has 0 bridgehead atoms. The van der Waals surface area contributed by atoms with Crippen LogP contribution < -0.4 is 0 Å². The molecule has 7 nitrogen and oxygen atoms in total. The van der Waals surface area contributed by atoms with Crippen LogP contribution in [0.15, 0.2) is 55.2 Å². The molecule has 4 aromatic rings. The Labute approximate surface area is 130 Å². The maximum atomic E-state index is 11.2. The molecule has 0 fully saturated rings. The number of rotatable bonds is 3. The lowest BCUT2D eigenvalue weighted by molar-refractivity contribution is 0.0699. The first-order valence-corrected chi connectivity index (χ1v) is 6.89. The van der Waals surface area contributed by atoms with Crippen LogP contribution in [0.4, 0.5) is 0 Å². The zero-order chi connectivity index (χ0) is 15.8. The van der Waals surface area contributed by atoms with E-state index in [0.29, 0.717) is 22.6 Å². The summed E-state index contributed by atoms with van der Waals surface area (Å²) in [4.78, 5) is 27.0. The number of aromatic nitrogens is 5. The Bertz CT molecular complexity index is 1000. The number of pyridine rings is 1.